The first-order chi connectivity index (χ1) is 16.0. The number of thiophene rings is 1. The zero-order valence-electron chi connectivity index (χ0n) is 17.7. The summed E-state index contributed by atoms with van der Waals surface area (Å²) >= 11 is 0.981. The van der Waals surface area contributed by atoms with Gasteiger partial charge in [-0.25, -0.2) is 8.78 Å². The van der Waals surface area contributed by atoms with Crippen LogP contribution in [0.2, 0.25) is 0 Å². The van der Waals surface area contributed by atoms with Gasteiger partial charge in [-0.3, -0.25) is 9.59 Å². The lowest BCUT2D eigenvalue weighted by atomic mass is 9.61. The van der Waals surface area contributed by atoms with Gasteiger partial charge in [0.2, 0.25) is 12.3 Å². The summed E-state index contributed by atoms with van der Waals surface area (Å²) < 4.78 is 67.7. The predicted octanol–water partition coefficient (Wildman–Crippen LogP) is 5.70. The van der Waals surface area contributed by atoms with Gasteiger partial charge in [0.25, 0.3) is 5.91 Å². The highest BCUT2D eigenvalue weighted by Crippen LogP contribution is 2.56. The number of benzene rings is 2. The van der Waals surface area contributed by atoms with Gasteiger partial charge in [0, 0.05) is 46.5 Å². The summed E-state index contributed by atoms with van der Waals surface area (Å²) in [5.74, 6) is -2.91. The number of halogens is 5. The van der Waals surface area contributed by atoms with E-state index in [9.17, 15) is 31.5 Å². The van der Waals surface area contributed by atoms with Crippen LogP contribution >= 0.6 is 11.3 Å². The van der Waals surface area contributed by atoms with Gasteiger partial charge in [-0.2, -0.15) is 13.2 Å². The molecule has 0 unspecified atom stereocenters. The third-order valence-electron chi connectivity index (χ3n) is 6.40. The highest BCUT2D eigenvalue weighted by atomic mass is 32.1. The first-order valence-corrected chi connectivity index (χ1v) is 11.4. The number of rotatable bonds is 5. The second kappa shape index (κ2) is 7.76. The van der Waals surface area contributed by atoms with Gasteiger partial charge < -0.3 is 10.2 Å². The molecule has 3 aromatic rings. The molecule has 2 fully saturated rings. The Bertz CT molecular complexity index is 1270. The Morgan fingerprint density at radius 3 is 2.32 bits per heavy atom. The number of hydrogen-bond acceptors (Lipinski definition) is 3. The molecule has 0 atom stereocenters. The molecule has 1 spiro atoms. The van der Waals surface area contributed by atoms with E-state index in [0.717, 1.165) is 17.4 Å². The van der Waals surface area contributed by atoms with E-state index in [2.05, 4.69) is 5.32 Å². The zero-order valence-corrected chi connectivity index (χ0v) is 18.5. The number of likely N-dealkylation sites (tertiary alicyclic amines) is 1. The van der Waals surface area contributed by atoms with Crippen LogP contribution in [0, 0.1) is 5.41 Å². The van der Waals surface area contributed by atoms with Crippen molar-refractivity contribution in [3.63, 3.8) is 0 Å². The summed E-state index contributed by atoms with van der Waals surface area (Å²) in [4.78, 5) is 25.3. The van der Waals surface area contributed by atoms with E-state index >= 15 is 0 Å². The number of alkyl halides is 5. The van der Waals surface area contributed by atoms with Gasteiger partial charge in [0.15, 0.2) is 0 Å². The number of amides is 2. The molecule has 34 heavy (non-hydrogen) atoms. The Morgan fingerprint density at radius 2 is 1.74 bits per heavy atom. The van der Waals surface area contributed by atoms with Gasteiger partial charge in [0.1, 0.15) is 0 Å². The molecule has 4 nitrogen and oxygen atoms in total. The number of nitrogens with one attached hydrogen (secondary N) is 1. The van der Waals surface area contributed by atoms with E-state index in [-0.39, 0.29) is 30.0 Å². The van der Waals surface area contributed by atoms with Crippen molar-refractivity contribution in [2.24, 2.45) is 5.41 Å². The van der Waals surface area contributed by atoms with Gasteiger partial charge in [-0.05, 0) is 46.8 Å². The van der Waals surface area contributed by atoms with Crippen molar-refractivity contribution in [1.29, 1.82) is 0 Å². The van der Waals surface area contributed by atoms with Gasteiger partial charge in [0.05, 0.1) is 12.1 Å². The van der Waals surface area contributed by atoms with Crippen molar-refractivity contribution in [1.82, 2.24) is 10.2 Å². The predicted molar refractivity (Wildman–Crippen MR) is 118 cm³/mol. The highest BCUT2D eigenvalue weighted by Gasteiger charge is 2.62. The fourth-order valence-corrected chi connectivity index (χ4v) is 6.10. The molecule has 1 aliphatic carbocycles. The summed E-state index contributed by atoms with van der Waals surface area (Å²) in [5.41, 5.74) is 0.00108. The molecule has 10 heteroatoms. The van der Waals surface area contributed by atoms with Crippen LogP contribution in [0.15, 0.2) is 42.5 Å². The maximum atomic E-state index is 13.8. The van der Waals surface area contributed by atoms with E-state index in [0.29, 0.717) is 46.5 Å². The van der Waals surface area contributed by atoms with Crippen LogP contribution < -0.4 is 5.32 Å². The number of carbonyl (C=O) groups excluding carboxylic acids is 2. The van der Waals surface area contributed by atoms with Crippen molar-refractivity contribution < 1.29 is 31.5 Å². The second-order valence-corrected chi connectivity index (χ2v) is 10.2. The Hall–Kier alpha value is -3.01. The topological polar surface area (TPSA) is 49.4 Å². The average molecular weight is 494 g/mol. The molecule has 2 heterocycles. The van der Waals surface area contributed by atoms with Crippen LogP contribution in [0.1, 0.15) is 33.6 Å². The molecule has 2 aliphatic rings. The fraction of sp³-hybridized carbons (Fsp3) is 0.333. The summed E-state index contributed by atoms with van der Waals surface area (Å²) in [5, 5.41) is 2.87. The number of hydrogen-bond donors (Lipinski definition) is 1. The number of carbonyl (C=O) groups is 2. The zero-order chi connectivity index (χ0) is 24.3. The SMILES string of the molecule is O=CNCc1cc2cc(-c3ccc(C(=O)N4CC5(C4)CC(F)(F)C5)cc3)cc(C(F)(F)F)c2s1. The normalized spacial score (nSPS) is 18.4. The van der Waals surface area contributed by atoms with Crippen LogP contribution in [0.5, 0.6) is 0 Å². The van der Waals surface area contributed by atoms with Crippen LogP contribution in [0.3, 0.4) is 0 Å². The summed E-state index contributed by atoms with van der Waals surface area (Å²) in [6.45, 7) is 0.740. The summed E-state index contributed by atoms with van der Waals surface area (Å²) in [7, 11) is 0. The number of nitrogens with zero attached hydrogens (tertiary/aromatic N) is 1. The molecular formula is C24H19F5N2O2S. The van der Waals surface area contributed by atoms with Crippen molar-refractivity contribution >= 4 is 33.7 Å². The maximum Gasteiger partial charge on any atom is 0.417 e. The molecular weight excluding hydrogens is 475 g/mol. The van der Waals surface area contributed by atoms with Gasteiger partial charge in [-0.15, -0.1) is 11.3 Å². The minimum atomic E-state index is -4.56. The van der Waals surface area contributed by atoms with Crippen molar-refractivity contribution in [2.45, 2.75) is 31.5 Å². The lowest BCUT2D eigenvalue weighted by molar-refractivity contribution is -0.203. The number of fused-ring (bicyclic) bond motifs is 1. The third-order valence-corrected chi connectivity index (χ3v) is 7.59. The smallest absolute Gasteiger partial charge is 0.354 e. The Morgan fingerprint density at radius 1 is 1.06 bits per heavy atom. The molecule has 5 rings (SSSR count). The first kappa shape index (κ1) is 22.8. The Kier molecular flexibility index (Phi) is 5.20. The van der Waals surface area contributed by atoms with E-state index in [1.165, 1.54) is 4.90 Å². The van der Waals surface area contributed by atoms with E-state index in [1.807, 2.05) is 0 Å². The van der Waals surface area contributed by atoms with E-state index < -0.39 is 23.1 Å². The molecule has 2 aromatic carbocycles. The van der Waals surface area contributed by atoms with Crippen LogP contribution in [-0.4, -0.2) is 36.2 Å². The Labute approximate surface area is 195 Å². The molecule has 1 saturated carbocycles. The minimum absolute atomic E-state index is 0.0963. The largest absolute Gasteiger partial charge is 0.417 e. The summed E-state index contributed by atoms with van der Waals surface area (Å²) in [6.07, 6.45) is -4.45. The Balaban J connectivity index is 1.38. The van der Waals surface area contributed by atoms with Crippen LogP contribution in [-0.2, 0) is 17.5 Å². The molecule has 0 radical (unpaired) electrons. The molecule has 1 aromatic heterocycles. The van der Waals surface area contributed by atoms with Crippen molar-refractivity contribution in [3.05, 3.63) is 58.5 Å². The van der Waals surface area contributed by atoms with Crippen molar-refractivity contribution in [2.75, 3.05) is 13.1 Å². The lowest BCUT2D eigenvalue weighted by Gasteiger charge is -2.58. The lowest BCUT2D eigenvalue weighted by Crippen LogP contribution is -2.66. The third kappa shape index (κ3) is 4.04. The van der Waals surface area contributed by atoms with Crippen LogP contribution in [0.25, 0.3) is 21.2 Å². The highest BCUT2D eigenvalue weighted by molar-refractivity contribution is 7.19. The molecule has 0 bridgehead atoms. The van der Waals surface area contributed by atoms with E-state index in [4.69, 9.17) is 0 Å². The molecule has 1 saturated heterocycles. The molecule has 1 N–H and O–H groups in total. The molecule has 1 aliphatic heterocycles. The summed E-state index contributed by atoms with van der Waals surface area (Å²) in [6, 6.07) is 10.6. The molecule has 178 valence electrons. The second-order valence-electron chi connectivity index (χ2n) is 9.10. The maximum absolute atomic E-state index is 13.8. The van der Waals surface area contributed by atoms with Crippen LogP contribution in [0.4, 0.5) is 22.0 Å². The van der Waals surface area contributed by atoms with Gasteiger partial charge >= 0.3 is 6.18 Å². The standard InChI is InChI=1S/C24H19F5N2O2S/c25-23(26)9-22(10-23)11-31(12-22)21(33)15-3-1-14(2-4-15)16-5-17-6-18(8-30-13-32)34-20(17)19(7-16)24(27,28)29/h1-7,13H,8-12H2,(H,30,32). The quantitative estimate of drug-likeness (QED) is 0.365. The van der Waals surface area contributed by atoms with E-state index in [1.54, 1.807) is 36.4 Å². The monoisotopic (exact) mass is 494 g/mol. The average Bonchev–Trinajstić information content (AvgIpc) is 3.15. The first-order valence-electron chi connectivity index (χ1n) is 10.6. The van der Waals surface area contributed by atoms with Gasteiger partial charge in [-0.1, -0.05) is 12.1 Å². The fourth-order valence-electron chi connectivity index (χ4n) is 4.98. The van der Waals surface area contributed by atoms with Crippen molar-refractivity contribution in [3.8, 4) is 11.1 Å². The molecule has 2 amide bonds. The minimum Gasteiger partial charge on any atom is -0.354 e.